The van der Waals surface area contributed by atoms with Crippen molar-refractivity contribution in [2.75, 3.05) is 0 Å². The van der Waals surface area contributed by atoms with E-state index in [0.29, 0.717) is 15.9 Å². The Bertz CT molecular complexity index is 516. The second-order valence-electron chi connectivity index (χ2n) is 3.47. The van der Waals surface area contributed by atoms with E-state index in [4.69, 9.17) is 16.3 Å². The van der Waals surface area contributed by atoms with Crippen molar-refractivity contribution in [2.45, 2.75) is 6.61 Å². The first-order chi connectivity index (χ1) is 8.16. The molecule has 0 saturated carbocycles. The Hall–Kier alpha value is -0.810. The molecule has 0 aliphatic heterocycles. The highest BCUT2D eigenvalue weighted by Crippen LogP contribution is 2.28. The van der Waals surface area contributed by atoms with Crippen LogP contribution in [-0.4, -0.2) is 0 Å². The van der Waals surface area contributed by atoms with Crippen LogP contribution in [0.4, 0.5) is 4.39 Å². The predicted molar refractivity (Wildman–Crippen MR) is 74.9 cm³/mol. The average Bonchev–Trinajstić information content (AvgIpc) is 2.33. The van der Waals surface area contributed by atoms with Crippen LogP contribution in [0.5, 0.6) is 5.75 Å². The van der Waals surface area contributed by atoms with Crippen molar-refractivity contribution in [1.29, 1.82) is 0 Å². The number of hydrogen-bond donors (Lipinski definition) is 0. The molecule has 0 saturated heterocycles. The third kappa shape index (κ3) is 3.33. The van der Waals surface area contributed by atoms with Crippen molar-refractivity contribution >= 4 is 34.2 Å². The zero-order valence-electron chi connectivity index (χ0n) is 8.79. The average molecular weight is 363 g/mol. The first-order valence-electron chi connectivity index (χ1n) is 4.98. The third-order valence-corrected chi connectivity index (χ3v) is 3.34. The van der Waals surface area contributed by atoms with Gasteiger partial charge >= 0.3 is 0 Å². The lowest BCUT2D eigenvalue weighted by atomic mass is 10.2. The van der Waals surface area contributed by atoms with Crippen molar-refractivity contribution in [1.82, 2.24) is 0 Å². The molecular weight excluding hydrogens is 353 g/mol. The summed E-state index contributed by atoms with van der Waals surface area (Å²) in [6.45, 7) is 0.443. The molecule has 0 unspecified atom stereocenters. The summed E-state index contributed by atoms with van der Waals surface area (Å²) in [6, 6.07) is 12.6. The zero-order valence-corrected chi connectivity index (χ0v) is 11.7. The van der Waals surface area contributed by atoms with Crippen LogP contribution in [-0.2, 0) is 6.61 Å². The molecule has 0 spiro atoms. The summed E-state index contributed by atoms with van der Waals surface area (Å²) < 4.78 is 19.4. The number of ether oxygens (including phenoxy) is 1. The quantitative estimate of drug-likeness (QED) is 0.570. The van der Waals surface area contributed by atoms with Gasteiger partial charge in [0.25, 0.3) is 0 Å². The van der Waals surface area contributed by atoms with Crippen LogP contribution in [0.2, 0.25) is 5.02 Å². The van der Waals surface area contributed by atoms with E-state index in [1.165, 1.54) is 12.1 Å². The first-order valence-corrected chi connectivity index (χ1v) is 6.44. The van der Waals surface area contributed by atoms with Crippen LogP contribution in [0.1, 0.15) is 5.56 Å². The summed E-state index contributed by atoms with van der Waals surface area (Å²) >= 11 is 7.73. The Morgan fingerprint density at radius 1 is 1.18 bits per heavy atom. The van der Waals surface area contributed by atoms with Crippen LogP contribution < -0.4 is 4.74 Å². The van der Waals surface area contributed by atoms with Gasteiger partial charge in [0.1, 0.15) is 18.2 Å². The Morgan fingerprint density at radius 2 is 1.88 bits per heavy atom. The summed E-state index contributed by atoms with van der Waals surface area (Å²) in [5.74, 6) is 0.170. The maximum absolute atomic E-state index is 13.1. The monoisotopic (exact) mass is 362 g/mol. The highest BCUT2D eigenvalue weighted by atomic mass is 127. The summed E-state index contributed by atoms with van der Waals surface area (Å²) in [4.78, 5) is 0. The van der Waals surface area contributed by atoms with E-state index in [9.17, 15) is 4.39 Å². The third-order valence-electron chi connectivity index (χ3n) is 2.21. The van der Waals surface area contributed by atoms with Gasteiger partial charge in [0, 0.05) is 6.07 Å². The molecule has 2 aromatic rings. The van der Waals surface area contributed by atoms with Gasteiger partial charge in [0.2, 0.25) is 0 Å². The fourth-order valence-electron chi connectivity index (χ4n) is 1.35. The van der Waals surface area contributed by atoms with Gasteiger partial charge in [-0.25, -0.2) is 4.39 Å². The molecule has 0 atom stereocenters. The molecule has 2 rings (SSSR count). The number of hydrogen-bond acceptors (Lipinski definition) is 1. The molecule has 0 fully saturated rings. The largest absolute Gasteiger partial charge is 0.488 e. The molecule has 4 heteroatoms. The maximum Gasteiger partial charge on any atom is 0.143 e. The van der Waals surface area contributed by atoms with E-state index < -0.39 is 5.82 Å². The minimum atomic E-state index is -0.428. The normalized spacial score (nSPS) is 10.3. The van der Waals surface area contributed by atoms with E-state index in [-0.39, 0.29) is 5.02 Å². The zero-order chi connectivity index (χ0) is 12.3. The van der Waals surface area contributed by atoms with Crippen LogP contribution >= 0.6 is 34.2 Å². The van der Waals surface area contributed by atoms with Crippen molar-refractivity contribution in [3.8, 4) is 5.75 Å². The van der Waals surface area contributed by atoms with Crippen LogP contribution in [0, 0.1) is 9.39 Å². The molecule has 0 aliphatic rings. The molecule has 1 nitrogen and oxygen atoms in total. The molecule has 0 N–H and O–H groups in total. The van der Waals surface area contributed by atoms with Crippen LogP contribution in [0.15, 0.2) is 42.5 Å². The second-order valence-corrected chi connectivity index (χ2v) is 5.04. The SMILES string of the molecule is Fc1cc(I)c(OCc2ccccc2)cc1Cl. The fraction of sp³-hybridized carbons (Fsp3) is 0.0769. The second kappa shape index (κ2) is 5.69. The van der Waals surface area contributed by atoms with Crippen molar-refractivity contribution < 1.29 is 9.13 Å². The van der Waals surface area contributed by atoms with Crippen molar-refractivity contribution in [2.24, 2.45) is 0 Å². The molecule has 0 heterocycles. The topological polar surface area (TPSA) is 9.23 Å². The molecule has 0 aromatic heterocycles. The minimum Gasteiger partial charge on any atom is -0.488 e. The van der Waals surface area contributed by atoms with Gasteiger partial charge in [0.15, 0.2) is 0 Å². The molecule has 0 radical (unpaired) electrons. The molecular formula is C13H9ClFIO. The lowest BCUT2D eigenvalue weighted by Crippen LogP contribution is -1.97. The van der Waals surface area contributed by atoms with E-state index >= 15 is 0 Å². The molecule has 0 amide bonds. The standard InChI is InChI=1S/C13H9ClFIO/c14-10-6-13(12(16)7-11(10)15)17-8-9-4-2-1-3-5-9/h1-7H,8H2. The summed E-state index contributed by atoms with van der Waals surface area (Å²) in [7, 11) is 0. The first kappa shape index (κ1) is 12.6. The minimum absolute atomic E-state index is 0.0773. The van der Waals surface area contributed by atoms with E-state index in [1.54, 1.807) is 0 Å². The lowest BCUT2D eigenvalue weighted by Gasteiger charge is -2.09. The van der Waals surface area contributed by atoms with Gasteiger partial charge in [-0.1, -0.05) is 41.9 Å². The Labute approximate surface area is 118 Å². The Balaban J connectivity index is 2.12. The van der Waals surface area contributed by atoms with Gasteiger partial charge in [-0.3, -0.25) is 0 Å². The molecule has 0 aliphatic carbocycles. The number of rotatable bonds is 3. The molecule has 17 heavy (non-hydrogen) atoms. The molecule has 0 bridgehead atoms. The van der Waals surface area contributed by atoms with Gasteiger partial charge in [-0.05, 0) is 34.2 Å². The molecule has 2 aromatic carbocycles. The maximum atomic E-state index is 13.1. The Kier molecular flexibility index (Phi) is 4.23. The van der Waals surface area contributed by atoms with Gasteiger partial charge in [-0.15, -0.1) is 0 Å². The molecule has 88 valence electrons. The van der Waals surface area contributed by atoms with Crippen LogP contribution in [0.3, 0.4) is 0 Å². The van der Waals surface area contributed by atoms with Crippen molar-refractivity contribution in [3.63, 3.8) is 0 Å². The summed E-state index contributed by atoms with van der Waals surface area (Å²) in [5.41, 5.74) is 1.06. The van der Waals surface area contributed by atoms with E-state index in [2.05, 4.69) is 0 Å². The van der Waals surface area contributed by atoms with Crippen LogP contribution in [0.25, 0.3) is 0 Å². The van der Waals surface area contributed by atoms with Gasteiger partial charge in [0.05, 0.1) is 8.59 Å². The summed E-state index contributed by atoms with van der Waals surface area (Å²) in [5, 5.41) is 0.0773. The smallest absolute Gasteiger partial charge is 0.143 e. The predicted octanol–water partition coefficient (Wildman–Crippen LogP) is 4.66. The number of benzene rings is 2. The van der Waals surface area contributed by atoms with E-state index in [0.717, 1.165) is 5.56 Å². The Morgan fingerprint density at radius 3 is 2.59 bits per heavy atom. The van der Waals surface area contributed by atoms with Gasteiger partial charge in [-0.2, -0.15) is 0 Å². The fourth-order valence-corrected chi connectivity index (χ4v) is 2.09. The van der Waals surface area contributed by atoms with E-state index in [1.807, 2.05) is 52.9 Å². The highest BCUT2D eigenvalue weighted by Gasteiger charge is 2.07. The number of halogens is 3. The summed E-state index contributed by atoms with van der Waals surface area (Å²) in [6.07, 6.45) is 0. The lowest BCUT2D eigenvalue weighted by molar-refractivity contribution is 0.303. The van der Waals surface area contributed by atoms with Crippen molar-refractivity contribution in [3.05, 3.63) is 62.4 Å². The van der Waals surface area contributed by atoms with Gasteiger partial charge < -0.3 is 4.74 Å². The highest BCUT2D eigenvalue weighted by molar-refractivity contribution is 14.1.